The van der Waals surface area contributed by atoms with E-state index in [-0.39, 0.29) is 18.0 Å². The van der Waals surface area contributed by atoms with Crippen molar-refractivity contribution in [2.24, 2.45) is 5.92 Å². The molecule has 2 N–H and O–H groups in total. The minimum Gasteiger partial charge on any atom is -0.462 e. The Kier molecular flexibility index (Phi) is 5.65. The highest BCUT2D eigenvalue weighted by Crippen LogP contribution is 2.24. The van der Waals surface area contributed by atoms with Gasteiger partial charge in [-0.1, -0.05) is 32.4 Å². The van der Waals surface area contributed by atoms with E-state index in [1.54, 1.807) is 12.2 Å². The van der Waals surface area contributed by atoms with Gasteiger partial charge in [-0.15, -0.1) is 0 Å². The highest BCUT2D eigenvalue weighted by molar-refractivity contribution is 5.72. The molecule has 0 aromatic rings. The van der Waals surface area contributed by atoms with Crippen molar-refractivity contribution in [1.82, 2.24) is 0 Å². The number of hydrogen-bond acceptors (Lipinski definition) is 4. The Balaban J connectivity index is 2.32. The Hall–Kier alpha value is -0.870. The van der Waals surface area contributed by atoms with Gasteiger partial charge in [0.15, 0.2) is 0 Å². The lowest BCUT2D eigenvalue weighted by Crippen LogP contribution is -2.23. The molecule has 4 atom stereocenters. The van der Waals surface area contributed by atoms with Crippen LogP contribution in [0.1, 0.15) is 39.5 Å². The second-order valence-corrected chi connectivity index (χ2v) is 4.72. The van der Waals surface area contributed by atoms with Gasteiger partial charge >= 0.3 is 5.97 Å². The van der Waals surface area contributed by atoms with Gasteiger partial charge in [0.25, 0.3) is 0 Å². The third-order valence-corrected chi connectivity index (χ3v) is 3.09. The second-order valence-electron chi connectivity index (χ2n) is 4.72. The fourth-order valence-corrected chi connectivity index (χ4v) is 1.95. The quantitative estimate of drug-likeness (QED) is 0.546. The topological polar surface area (TPSA) is 66.8 Å². The lowest BCUT2D eigenvalue weighted by Gasteiger charge is -2.14. The largest absolute Gasteiger partial charge is 0.462 e. The van der Waals surface area contributed by atoms with Gasteiger partial charge < -0.3 is 14.9 Å². The molecule has 0 bridgehead atoms. The van der Waals surface area contributed by atoms with Crippen LogP contribution in [0, 0.1) is 5.92 Å². The summed E-state index contributed by atoms with van der Waals surface area (Å²) in [6.07, 6.45) is 4.23. The van der Waals surface area contributed by atoms with Crippen LogP contribution < -0.4 is 0 Å². The summed E-state index contributed by atoms with van der Waals surface area (Å²) in [4.78, 5) is 11.0. The molecule has 4 nitrogen and oxygen atoms in total. The molecule has 1 heterocycles. The third-order valence-electron chi connectivity index (χ3n) is 3.09. The summed E-state index contributed by atoms with van der Waals surface area (Å²) < 4.78 is 5.13. The number of rotatable bonds is 6. The lowest BCUT2D eigenvalue weighted by atomic mass is 10.0. The van der Waals surface area contributed by atoms with Gasteiger partial charge in [0.2, 0.25) is 0 Å². The fraction of sp³-hybridized carbons (Fsp3) is 0.769. The predicted octanol–water partition coefficient (Wildman–Crippen LogP) is 1.41. The molecule has 0 aliphatic carbocycles. The molecule has 1 rings (SSSR count). The van der Waals surface area contributed by atoms with Crippen LogP contribution in [0.2, 0.25) is 0 Å². The van der Waals surface area contributed by atoms with Crippen molar-refractivity contribution in [2.75, 3.05) is 0 Å². The van der Waals surface area contributed by atoms with Crippen molar-refractivity contribution in [3.05, 3.63) is 12.2 Å². The van der Waals surface area contributed by atoms with Crippen molar-refractivity contribution in [2.45, 2.75) is 57.8 Å². The van der Waals surface area contributed by atoms with Gasteiger partial charge in [0.05, 0.1) is 18.6 Å². The molecule has 0 radical (unpaired) electrons. The first kappa shape index (κ1) is 14.2. The summed E-state index contributed by atoms with van der Waals surface area (Å²) in [5, 5.41) is 19.1. The van der Waals surface area contributed by atoms with Gasteiger partial charge in [0.1, 0.15) is 6.10 Å². The van der Waals surface area contributed by atoms with E-state index in [2.05, 4.69) is 0 Å². The SMILES string of the molecule is CCCC(O)C(O)/C=C\C[C@@H]1OC(=O)C[C@H]1C. The van der Waals surface area contributed by atoms with Crippen molar-refractivity contribution in [3.8, 4) is 0 Å². The molecular weight excluding hydrogens is 220 g/mol. The van der Waals surface area contributed by atoms with E-state index in [9.17, 15) is 15.0 Å². The molecule has 17 heavy (non-hydrogen) atoms. The molecular formula is C13H22O4. The van der Waals surface area contributed by atoms with Crippen LogP contribution >= 0.6 is 0 Å². The molecule has 0 aromatic carbocycles. The van der Waals surface area contributed by atoms with E-state index in [1.165, 1.54) is 0 Å². The molecule has 2 unspecified atom stereocenters. The predicted molar refractivity (Wildman–Crippen MR) is 64.3 cm³/mol. The fourth-order valence-electron chi connectivity index (χ4n) is 1.95. The van der Waals surface area contributed by atoms with Gasteiger partial charge in [-0.2, -0.15) is 0 Å². The van der Waals surface area contributed by atoms with E-state index < -0.39 is 12.2 Å². The standard InChI is InChI=1S/C13H22O4/c1-3-5-10(14)11(15)6-4-7-12-9(2)8-13(16)17-12/h4,6,9-12,14-15H,3,5,7-8H2,1-2H3/b6-4-/t9-,10?,11?,12+/m1/s1. The molecule has 1 saturated heterocycles. The average Bonchev–Trinajstić information content (AvgIpc) is 2.57. The summed E-state index contributed by atoms with van der Waals surface area (Å²) in [6.45, 7) is 3.94. The highest BCUT2D eigenvalue weighted by atomic mass is 16.5. The third kappa shape index (κ3) is 4.48. The Morgan fingerprint density at radius 2 is 2.24 bits per heavy atom. The number of esters is 1. The first-order chi connectivity index (χ1) is 8.04. The zero-order valence-electron chi connectivity index (χ0n) is 10.5. The van der Waals surface area contributed by atoms with Crippen molar-refractivity contribution >= 4 is 5.97 Å². The Bertz CT molecular complexity index is 275. The zero-order chi connectivity index (χ0) is 12.8. The van der Waals surface area contributed by atoms with E-state index in [0.29, 0.717) is 19.3 Å². The number of carbonyl (C=O) groups is 1. The maximum Gasteiger partial charge on any atom is 0.306 e. The van der Waals surface area contributed by atoms with E-state index in [1.807, 2.05) is 13.8 Å². The van der Waals surface area contributed by atoms with Crippen LogP contribution in [0.3, 0.4) is 0 Å². The van der Waals surface area contributed by atoms with Gasteiger partial charge in [-0.05, 0) is 6.42 Å². The van der Waals surface area contributed by atoms with E-state index in [4.69, 9.17) is 4.74 Å². The minimum atomic E-state index is -0.831. The number of hydrogen-bond donors (Lipinski definition) is 2. The first-order valence-corrected chi connectivity index (χ1v) is 6.26. The van der Waals surface area contributed by atoms with Crippen molar-refractivity contribution < 1.29 is 19.7 Å². The molecule has 0 spiro atoms. The molecule has 0 aromatic heterocycles. The lowest BCUT2D eigenvalue weighted by molar-refractivity contribution is -0.141. The van der Waals surface area contributed by atoms with E-state index in [0.717, 1.165) is 6.42 Å². The summed E-state index contributed by atoms with van der Waals surface area (Å²) in [6, 6.07) is 0. The molecule has 98 valence electrons. The van der Waals surface area contributed by atoms with Gasteiger partial charge in [-0.25, -0.2) is 0 Å². The maximum atomic E-state index is 11.0. The monoisotopic (exact) mass is 242 g/mol. The van der Waals surface area contributed by atoms with Crippen LogP contribution in [-0.4, -0.2) is 34.5 Å². The Morgan fingerprint density at radius 1 is 1.53 bits per heavy atom. The van der Waals surface area contributed by atoms with E-state index >= 15 is 0 Å². The summed E-state index contributed by atoms with van der Waals surface area (Å²) in [7, 11) is 0. The van der Waals surface area contributed by atoms with Gasteiger partial charge in [0, 0.05) is 12.3 Å². The van der Waals surface area contributed by atoms with Crippen LogP contribution in [0.5, 0.6) is 0 Å². The zero-order valence-corrected chi connectivity index (χ0v) is 10.5. The molecule has 1 aliphatic heterocycles. The molecule has 0 amide bonds. The van der Waals surface area contributed by atoms with Crippen LogP contribution in [0.4, 0.5) is 0 Å². The van der Waals surface area contributed by atoms with Crippen LogP contribution in [0.25, 0.3) is 0 Å². The number of aliphatic hydroxyl groups is 2. The summed E-state index contributed by atoms with van der Waals surface area (Å²) in [5.74, 6) is 0.0762. The van der Waals surface area contributed by atoms with Crippen molar-refractivity contribution in [3.63, 3.8) is 0 Å². The molecule has 1 aliphatic rings. The number of ether oxygens (including phenoxy) is 1. The maximum absolute atomic E-state index is 11.0. The average molecular weight is 242 g/mol. The van der Waals surface area contributed by atoms with Gasteiger partial charge in [-0.3, -0.25) is 4.79 Å². The Morgan fingerprint density at radius 3 is 2.76 bits per heavy atom. The highest BCUT2D eigenvalue weighted by Gasteiger charge is 2.30. The summed E-state index contributed by atoms with van der Waals surface area (Å²) in [5.41, 5.74) is 0. The molecule has 0 saturated carbocycles. The number of cyclic esters (lactones) is 1. The van der Waals surface area contributed by atoms with Crippen molar-refractivity contribution in [1.29, 1.82) is 0 Å². The summed E-state index contributed by atoms with van der Waals surface area (Å²) >= 11 is 0. The minimum absolute atomic E-state index is 0.0886. The molecule has 1 fully saturated rings. The number of carbonyl (C=O) groups excluding carboxylic acids is 1. The Labute approximate surface area is 102 Å². The smallest absolute Gasteiger partial charge is 0.306 e. The van der Waals surface area contributed by atoms with Crippen LogP contribution in [-0.2, 0) is 9.53 Å². The van der Waals surface area contributed by atoms with Crippen LogP contribution in [0.15, 0.2) is 12.2 Å². The number of aliphatic hydroxyl groups excluding tert-OH is 2. The second kappa shape index (κ2) is 6.77. The molecule has 4 heteroatoms. The first-order valence-electron chi connectivity index (χ1n) is 6.26. The normalized spacial score (nSPS) is 28.4.